The minimum Gasteiger partial charge on any atom is -0.321 e. The van der Waals surface area contributed by atoms with E-state index in [0.29, 0.717) is 18.7 Å². The van der Waals surface area contributed by atoms with Gasteiger partial charge in [0.1, 0.15) is 0 Å². The monoisotopic (exact) mass is 246 g/mol. The molecule has 0 saturated heterocycles. The van der Waals surface area contributed by atoms with Crippen molar-refractivity contribution in [2.75, 3.05) is 13.1 Å². The molecule has 0 spiro atoms. The van der Waals surface area contributed by atoms with Crippen molar-refractivity contribution in [3.05, 3.63) is 48.0 Å². The van der Waals surface area contributed by atoms with E-state index in [9.17, 15) is 9.59 Å². The van der Waals surface area contributed by atoms with E-state index in [4.69, 9.17) is 0 Å². The van der Waals surface area contributed by atoms with Crippen molar-refractivity contribution in [1.29, 1.82) is 0 Å². The van der Waals surface area contributed by atoms with Crippen LogP contribution in [-0.2, 0) is 0 Å². The van der Waals surface area contributed by atoms with Gasteiger partial charge in [-0.1, -0.05) is 30.4 Å². The molecule has 0 radical (unpaired) electrons. The number of hydrogen-bond acceptors (Lipinski definition) is 2. The van der Waals surface area contributed by atoms with Crippen LogP contribution in [0.2, 0.25) is 0 Å². The predicted molar refractivity (Wildman–Crippen MR) is 71.4 cm³/mol. The first-order valence-corrected chi connectivity index (χ1v) is 5.84. The normalized spacial score (nSPS) is 9.67. The summed E-state index contributed by atoms with van der Waals surface area (Å²) in [6.45, 7) is 8.43. The van der Waals surface area contributed by atoms with Crippen LogP contribution >= 0.6 is 0 Å². The number of carbonyl (C=O) groups excluding carboxylic acids is 2. The highest BCUT2D eigenvalue weighted by molar-refractivity contribution is 6.04. The van der Waals surface area contributed by atoms with Gasteiger partial charge in [-0.3, -0.25) is 10.1 Å². The Morgan fingerprint density at radius 3 is 2.39 bits per heavy atom. The zero-order valence-corrected chi connectivity index (χ0v) is 10.8. The third-order valence-electron chi connectivity index (χ3n) is 2.39. The summed E-state index contributed by atoms with van der Waals surface area (Å²) in [7, 11) is 0. The number of benzene rings is 1. The Morgan fingerprint density at radius 1 is 1.28 bits per heavy atom. The molecule has 18 heavy (non-hydrogen) atoms. The molecule has 3 amide bonds. The maximum absolute atomic E-state index is 11.8. The Labute approximate surface area is 107 Å². The molecule has 4 heteroatoms. The Hall–Kier alpha value is -2.10. The molecule has 0 aliphatic heterocycles. The number of rotatable bonds is 4. The van der Waals surface area contributed by atoms with Crippen LogP contribution in [0.5, 0.6) is 0 Å². The van der Waals surface area contributed by atoms with E-state index in [2.05, 4.69) is 11.9 Å². The molecule has 1 N–H and O–H groups in total. The molecule has 0 aromatic heterocycles. The van der Waals surface area contributed by atoms with Crippen molar-refractivity contribution in [3.63, 3.8) is 0 Å². The van der Waals surface area contributed by atoms with Crippen LogP contribution in [0.4, 0.5) is 4.79 Å². The number of urea groups is 1. The van der Waals surface area contributed by atoms with Gasteiger partial charge in [-0.2, -0.15) is 0 Å². The Balaban J connectivity index is 2.64. The molecule has 0 bridgehead atoms. The first-order valence-electron chi connectivity index (χ1n) is 5.84. The molecule has 1 aromatic rings. The maximum Gasteiger partial charge on any atom is 0.324 e. The lowest BCUT2D eigenvalue weighted by Crippen LogP contribution is -2.43. The van der Waals surface area contributed by atoms with Gasteiger partial charge in [0.25, 0.3) is 5.91 Å². The Kier molecular flexibility index (Phi) is 5.11. The average molecular weight is 246 g/mol. The third kappa shape index (κ3) is 4.05. The summed E-state index contributed by atoms with van der Waals surface area (Å²) in [6.07, 6.45) is 0. The van der Waals surface area contributed by atoms with E-state index in [1.54, 1.807) is 24.3 Å². The molecular weight excluding hydrogens is 228 g/mol. The average Bonchev–Trinajstić information content (AvgIpc) is 2.36. The topological polar surface area (TPSA) is 49.4 Å². The lowest BCUT2D eigenvalue weighted by atomic mass is 10.2. The summed E-state index contributed by atoms with van der Waals surface area (Å²) in [6, 6.07) is 8.26. The van der Waals surface area contributed by atoms with Gasteiger partial charge in [0.2, 0.25) is 0 Å². The lowest BCUT2D eigenvalue weighted by molar-refractivity contribution is 0.0953. The number of nitrogens with one attached hydrogen (secondary N) is 1. The van der Waals surface area contributed by atoms with Crippen LogP contribution in [-0.4, -0.2) is 29.9 Å². The second kappa shape index (κ2) is 6.59. The van der Waals surface area contributed by atoms with Crippen LogP contribution in [0.3, 0.4) is 0 Å². The molecule has 1 rings (SSSR count). The van der Waals surface area contributed by atoms with Gasteiger partial charge in [-0.15, -0.1) is 0 Å². The SMILES string of the molecule is C=C(C)CN(CC)C(=O)NC(=O)c1ccccc1. The summed E-state index contributed by atoms with van der Waals surface area (Å²) < 4.78 is 0. The Morgan fingerprint density at radius 2 is 1.89 bits per heavy atom. The van der Waals surface area contributed by atoms with Gasteiger partial charge in [0, 0.05) is 18.7 Å². The summed E-state index contributed by atoms with van der Waals surface area (Å²) in [5.74, 6) is -0.388. The molecule has 0 unspecified atom stereocenters. The molecule has 1 aromatic carbocycles. The second-order valence-electron chi connectivity index (χ2n) is 4.10. The van der Waals surface area contributed by atoms with E-state index in [1.165, 1.54) is 4.90 Å². The molecule has 4 nitrogen and oxygen atoms in total. The van der Waals surface area contributed by atoms with Gasteiger partial charge >= 0.3 is 6.03 Å². The van der Waals surface area contributed by atoms with Crippen molar-refractivity contribution in [2.24, 2.45) is 0 Å². The number of amides is 3. The van der Waals surface area contributed by atoms with Crippen molar-refractivity contribution in [1.82, 2.24) is 10.2 Å². The molecular formula is C14H18N2O2. The quantitative estimate of drug-likeness (QED) is 0.829. The third-order valence-corrected chi connectivity index (χ3v) is 2.39. The number of likely N-dealkylation sites (N-methyl/N-ethyl adjacent to an activating group) is 1. The Bertz CT molecular complexity index is 440. The fraction of sp³-hybridized carbons (Fsp3) is 0.286. The van der Waals surface area contributed by atoms with E-state index in [-0.39, 0.29) is 5.91 Å². The minimum absolute atomic E-state index is 0.388. The minimum atomic E-state index is -0.394. The summed E-state index contributed by atoms with van der Waals surface area (Å²) >= 11 is 0. The summed E-state index contributed by atoms with van der Waals surface area (Å²) in [4.78, 5) is 25.2. The first kappa shape index (κ1) is 14.0. The number of nitrogens with zero attached hydrogens (tertiary/aromatic N) is 1. The maximum atomic E-state index is 11.8. The van der Waals surface area contributed by atoms with Crippen LogP contribution in [0.15, 0.2) is 42.5 Å². The fourth-order valence-corrected chi connectivity index (χ4v) is 1.49. The van der Waals surface area contributed by atoms with Gasteiger partial charge < -0.3 is 4.90 Å². The van der Waals surface area contributed by atoms with Gasteiger partial charge in [0.15, 0.2) is 0 Å². The molecule has 0 aliphatic rings. The van der Waals surface area contributed by atoms with E-state index >= 15 is 0 Å². The molecule has 96 valence electrons. The largest absolute Gasteiger partial charge is 0.324 e. The van der Waals surface area contributed by atoms with Crippen molar-refractivity contribution >= 4 is 11.9 Å². The smallest absolute Gasteiger partial charge is 0.321 e. The summed E-state index contributed by atoms with van der Waals surface area (Å²) in [5.41, 5.74) is 1.34. The van der Waals surface area contributed by atoms with Gasteiger partial charge in [-0.05, 0) is 26.0 Å². The molecule has 0 aliphatic carbocycles. The van der Waals surface area contributed by atoms with Gasteiger partial charge in [0.05, 0.1) is 0 Å². The van der Waals surface area contributed by atoms with Gasteiger partial charge in [-0.25, -0.2) is 4.79 Å². The first-order chi connectivity index (χ1) is 8.54. The number of hydrogen-bond donors (Lipinski definition) is 1. The second-order valence-corrected chi connectivity index (χ2v) is 4.10. The molecule has 0 atom stereocenters. The molecule has 0 fully saturated rings. The number of imide groups is 1. The van der Waals surface area contributed by atoms with E-state index in [1.807, 2.05) is 19.9 Å². The molecule has 0 saturated carbocycles. The highest BCUT2D eigenvalue weighted by Crippen LogP contribution is 2.00. The van der Waals surface area contributed by atoms with E-state index < -0.39 is 6.03 Å². The fourth-order valence-electron chi connectivity index (χ4n) is 1.49. The standard InChI is InChI=1S/C14H18N2O2/c1-4-16(10-11(2)3)14(18)15-13(17)12-8-6-5-7-9-12/h5-9H,2,4,10H2,1,3H3,(H,15,17,18). The zero-order chi connectivity index (χ0) is 13.5. The lowest BCUT2D eigenvalue weighted by Gasteiger charge is -2.20. The highest BCUT2D eigenvalue weighted by Gasteiger charge is 2.15. The molecule has 0 heterocycles. The zero-order valence-electron chi connectivity index (χ0n) is 10.8. The number of carbonyl (C=O) groups is 2. The van der Waals surface area contributed by atoms with Crippen LogP contribution in [0.25, 0.3) is 0 Å². The predicted octanol–water partition coefficient (Wildman–Crippen LogP) is 2.43. The van der Waals surface area contributed by atoms with Crippen LogP contribution < -0.4 is 5.32 Å². The van der Waals surface area contributed by atoms with Crippen molar-refractivity contribution in [3.8, 4) is 0 Å². The van der Waals surface area contributed by atoms with Crippen molar-refractivity contribution in [2.45, 2.75) is 13.8 Å². The van der Waals surface area contributed by atoms with Crippen LogP contribution in [0.1, 0.15) is 24.2 Å². The highest BCUT2D eigenvalue weighted by atomic mass is 16.2. The summed E-state index contributed by atoms with van der Waals surface area (Å²) in [5, 5.41) is 2.36. The van der Waals surface area contributed by atoms with Crippen molar-refractivity contribution < 1.29 is 9.59 Å². The van der Waals surface area contributed by atoms with E-state index in [0.717, 1.165) is 5.57 Å². The van der Waals surface area contributed by atoms with Crippen LogP contribution in [0, 0.1) is 0 Å².